The first-order chi connectivity index (χ1) is 18.2. The van der Waals surface area contributed by atoms with Gasteiger partial charge in [-0.25, -0.2) is 9.37 Å². The van der Waals surface area contributed by atoms with Crippen molar-refractivity contribution in [1.82, 2.24) is 9.88 Å². The first-order valence-corrected chi connectivity index (χ1v) is 11.6. The SMILES string of the molecule is C#Cc1ccc(NC(=O)c2cc(Cl)ccc2NC(=O)c2ccc(C(=N)N(C)Cc3ccco3)cc2F)nc1. The third kappa shape index (κ3) is 6.06. The lowest BCUT2D eigenvalue weighted by Crippen LogP contribution is -2.26. The molecule has 0 radical (unpaired) electrons. The van der Waals surface area contributed by atoms with Crippen LogP contribution in [0.1, 0.15) is 37.6 Å². The van der Waals surface area contributed by atoms with Crippen LogP contribution in [0.4, 0.5) is 15.9 Å². The van der Waals surface area contributed by atoms with E-state index < -0.39 is 17.6 Å². The molecule has 2 aromatic carbocycles. The van der Waals surface area contributed by atoms with Gasteiger partial charge in [0.2, 0.25) is 0 Å². The van der Waals surface area contributed by atoms with Gasteiger partial charge in [-0.15, -0.1) is 6.42 Å². The topological polar surface area (TPSA) is 111 Å². The highest BCUT2D eigenvalue weighted by molar-refractivity contribution is 6.31. The molecular weight excluding hydrogens is 509 g/mol. The summed E-state index contributed by atoms with van der Waals surface area (Å²) in [5.74, 6) is 1.18. The molecule has 2 aromatic heterocycles. The molecule has 190 valence electrons. The molecule has 2 amide bonds. The van der Waals surface area contributed by atoms with Crippen LogP contribution >= 0.6 is 11.6 Å². The number of nitrogens with one attached hydrogen (secondary N) is 3. The number of hydrogen-bond acceptors (Lipinski definition) is 5. The molecular formula is C28H21ClFN5O3. The van der Waals surface area contributed by atoms with Gasteiger partial charge in [0.15, 0.2) is 0 Å². The molecule has 4 rings (SSSR count). The van der Waals surface area contributed by atoms with Crippen molar-refractivity contribution < 1.29 is 18.4 Å². The summed E-state index contributed by atoms with van der Waals surface area (Å²) < 4.78 is 20.2. The standard InChI is InChI=1S/C28H21ClFN5O3/c1-3-17-6-11-25(32-15-17)34-28(37)22-14-19(29)8-10-24(22)33-27(36)21-9-7-18(13-23(21)30)26(31)35(2)16-20-5-4-12-38-20/h1,4-15,31H,16H2,2H3,(H,33,36)(H,32,34,37). The Morgan fingerprint density at radius 1 is 1.11 bits per heavy atom. The number of aromatic nitrogens is 1. The van der Waals surface area contributed by atoms with Gasteiger partial charge in [0.05, 0.1) is 29.6 Å². The maximum atomic E-state index is 15.0. The first kappa shape index (κ1) is 26.1. The van der Waals surface area contributed by atoms with E-state index in [2.05, 4.69) is 21.5 Å². The zero-order valence-electron chi connectivity index (χ0n) is 20.1. The van der Waals surface area contributed by atoms with Crippen LogP contribution in [0, 0.1) is 23.6 Å². The second-order valence-electron chi connectivity index (χ2n) is 8.15. The van der Waals surface area contributed by atoms with Crippen molar-refractivity contribution in [3.8, 4) is 12.3 Å². The highest BCUT2D eigenvalue weighted by atomic mass is 35.5. The maximum absolute atomic E-state index is 15.0. The molecule has 0 aliphatic rings. The quantitative estimate of drug-likeness (QED) is 0.168. The summed E-state index contributed by atoms with van der Waals surface area (Å²) in [6.07, 6.45) is 8.28. The van der Waals surface area contributed by atoms with E-state index in [1.807, 2.05) is 0 Å². The average Bonchev–Trinajstić information content (AvgIpc) is 3.42. The number of anilines is 2. The van der Waals surface area contributed by atoms with E-state index in [-0.39, 0.29) is 39.1 Å². The van der Waals surface area contributed by atoms with Gasteiger partial charge < -0.3 is 20.0 Å². The summed E-state index contributed by atoms with van der Waals surface area (Å²) >= 11 is 6.08. The fourth-order valence-electron chi connectivity index (χ4n) is 3.52. The molecule has 0 spiro atoms. The third-order valence-corrected chi connectivity index (χ3v) is 5.72. The fourth-order valence-corrected chi connectivity index (χ4v) is 3.69. The smallest absolute Gasteiger partial charge is 0.258 e. The van der Waals surface area contributed by atoms with Gasteiger partial charge in [0, 0.05) is 29.4 Å². The molecule has 3 N–H and O–H groups in total. The summed E-state index contributed by atoms with van der Waals surface area (Å²) in [6.45, 7) is 0.320. The summed E-state index contributed by atoms with van der Waals surface area (Å²) in [5, 5.41) is 13.8. The van der Waals surface area contributed by atoms with E-state index >= 15 is 0 Å². The molecule has 0 bridgehead atoms. The van der Waals surface area contributed by atoms with E-state index in [0.29, 0.717) is 17.9 Å². The highest BCUT2D eigenvalue weighted by Crippen LogP contribution is 2.23. The maximum Gasteiger partial charge on any atom is 0.258 e. The van der Waals surface area contributed by atoms with E-state index in [1.54, 1.807) is 30.1 Å². The van der Waals surface area contributed by atoms with Crippen molar-refractivity contribution in [2.24, 2.45) is 0 Å². The molecule has 0 atom stereocenters. The average molecular weight is 530 g/mol. The van der Waals surface area contributed by atoms with Crippen LogP contribution in [0.3, 0.4) is 0 Å². The van der Waals surface area contributed by atoms with Crippen molar-refractivity contribution in [2.75, 3.05) is 17.7 Å². The van der Waals surface area contributed by atoms with Gasteiger partial charge >= 0.3 is 0 Å². The zero-order valence-corrected chi connectivity index (χ0v) is 20.8. The van der Waals surface area contributed by atoms with Gasteiger partial charge in [-0.2, -0.15) is 0 Å². The van der Waals surface area contributed by atoms with Crippen LogP contribution in [-0.2, 0) is 6.54 Å². The summed E-state index contributed by atoms with van der Waals surface area (Å²) in [5.41, 5.74) is 0.732. The normalized spacial score (nSPS) is 10.4. The number of furan rings is 1. The van der Waals surface area contributed by atoms with Crippen molar-refractivity contribution in [3.63, 3.8) is 0 Å². The summed E-state index contributed by atoms with van der Waals surface area (Å²) in [4.78, 5) is 31.5. The molecule has 2 heterocycles. The number of amides is 2. The molecule has 0 fully saturated rings. The monoisotopic (exact) mass is 529 g/mol. The Morgan fingerprint density at radius 2 is 1.89 bits per heavy atom. The van der Waals surface area contributed by atoms with Crippen molar-refractivity contribution >= 4 is 40.8 Å². The van der Waals surface area contributed by atoms with Crippen LogP contribution in [0.5, 0.6) is 0 Å². The lowest BCUT2D eigenvalue weighted by atomic mass is 10.1. The number of terminal acetylenes is 1. The Kier molecular flexibility index (Phi) is 7.85. The Balaban J connectivity index is 1.50. The fraction of sp³-hybridized carbons (Fsp3) is 0.0714. The Labute approximate surface area is 223 Å². The number of hydrogen-bond donors (Lipinski definition) is 3. The molecule has 0 aliphatic heterocycles. The number of nitrogens with zero attached hydrogens (tertiary/aromatic N) is 2. The predicted molar refractivity (Wildman–Crippen MR) is 143 cm³/mol. The number of carbonyl (C=O) groups is 2. The predicted octanol–water partition coefficient (Wildman–Crippen LogP) is 5.41. The lowest BCUT2D eigenvalue weighted by molar-refractivity contribution is 0.102. The molecule has 0 saturated carbocycles. The largest absolute Gasteiger partial charge is 0.467 e. The second kappa shape index (κ2) is 11.4. The number of halogens is 2. The van der Waals surface area contributed by atoms with E-state index in [9.17, 15) is 14.0 Å². The summed E-state index contributed by atoms with van der Waals surface area (Å²) in [6, 6.07) is 14.8. The van der Waals surface area contributed by atoms with Crippen molar-refractivity contribution in [3.05, 3.63) is 112 Å². The molecule has 0 unspecified atom stereocenters. The van der Waals surface area contributed by atoms with Gasteiger partial charge in [-0.05, 0) is 54.6 Å². The van der Waals surface area contributed by atoms with E-state index in [1.165, 1.54) is 48.9 Å². The van der Waals surface area contributed by atoms with Crippen molar-refractivity contribution in [1.29, 1.82) is 5.41 Å². The molecule has 38 heavy (non-hydrogen) atoms. The molecule has 0 aliphatic carbocycles. The van der Waals surface area contributed by atoms with E-state index in [4.69, 9.17) is 27.9 Å². The Bertz CT molecular complexity index is 1550. The van der Waals surface area contributed by atoms with E-state index in [0.717, 1.165) is 6.07 Å². The Morgan fingerprint density at radius 3 is 2.55 bits per heavy atom. The van der Waals surface area contributed by atoms with Crippen LogP contribution in [-0.4, -0.2) is 34.6 Å². The number of carbonyl (C=O) groups excluding carboxylic acids is 2. The Hall–Kier alpha value is -4.94. The molecule has 8 nitrogen and oxygen atoms in total. The molecule has 10 heteroatoms. The van der Waals surface area contributed by atoms with Crippen LogP contribution in [0.2, 0.25) is 5.02 Å². The van der Waals surface area contributed by atoms with Crippen LogP contribution in [0.25, 0.3) is 0 Å². The number of pyridine rings is 1. The highest BCUT2D eigenvalue weighted by Gasteiger charge is 2.19. The lowest BCUT2D eigenvalue weighted by Gasteiger charge is -2.19. The van der Waals surface area contributed by atoms with Gasteiger partial charge in [-0.1, -0.05) is 23.6 Å². The second-order valence-corrected chi connectivity index (χ2v) is 8.59. The van der Waals surface area contributed by atoms with Gasteiger partial charge in [0.1, 0.15) is 23.2 Å². The zero-order chi connectivity index (χ0) is 27.2. The molecule has 0 saturated heterocycles. The van der Waals surface area contributed by atoms with Crippen LogP contribution < -0.4 is 10.6 Å². The van der Waals surface area contributed by atoms with Crippen LogP contribution in [0.15, 0.2) is 77.5 Å². The first-order valence-electron chi connectivity index (χ1n) is 11.2. The number of rotatable bonds is 7. The molecule has 4 aromatic rings. The van der Waals surface area contributed by atoms with Gasteiger partial charge in [0.25, 0.3) is 11.8 Å². The van der Waals surface area contributed by atoms with Crippen molar-refractivity contribution in [2.45, 2.75) is 6.54 Å². The minimum Gasteiger partial charge on any atom is -0.467 e. The number of benzene rings is 2. The minimum absolute atomic E-state index is 0.0482. The third-order valence-electron chi connectivity index (χ3n) is 5.49. The number of amidine groups is 1. The minimum atomic E-state index is -0.825. The van der Waals surface area contributed by atoms with Gasteiger partial charge in [-0.3, -0.25) is 15.0 Å². The summed E-state index contributed by atoms with van der Waals surface area (Å²) in [7, 11) is 1.68.